The molecule has 0 amide bonds. The lowest BCUT2D eigenvalue weighted by molar-refractivity contribution is -0.125. The van der Waals surface area contributed by atoms with Gasteiger partial charge in [0, 0.05) is 24.4 Å². The number of rotatable bonds is 5. The highest BCUT2D eigenvalue weighted by Crippen LogP contribution is 2.90. The van der Waals surface area contributed by atoms with E-state index < -0.39 is 16.1 Å². The minimum absolute atomic E-state index is 0.0561. The van der Waals surface area contributed by atoms with Crippen LogP contribution in [0.4, 0.5) is 0 Å². The van der Waals surface area contributed by atoms with Crippen LogP contribution in [0.1, 0.15) is 98.8 Å². The van der Waals surface area contributed by atoms with E-state index in [-0.39, 0.29) is 39.1 Å². The second-order valence-corrected chi connectivity index (χ2v) is 18.1. The van der Waals surface area contributed by atoms with Crippen LogP contribution in [0.5, 0.6) is 0 Å². The molecule has 39 heavy (non-hydrogen) atoms. The van der Waals surface area contributed by atoms with Gasteiger partial charge in [-0.1, -0.05) is 34.6 Å². The van der Waals surface area contributed by atoms with Crippen LogP contribution in [0.15, 0.2) is 0 Å². The van der Waals surface area contributed by atoms with E-state index in [0.29, 0.717) is 30.8 Å². The maximum atomic E-state index is 12.6. The van der Waals surface area contributed by atoms with Gasteiger partial charge in [-0.2, -0.15) is 4.31 Å². The Morgan fingerprint density at radius 1 is 1.03 bits per heavy atom. The normalized spacial score (nSPS) is 51.6. The zero-order valence-electron chi connectivity index (χ0n) is 24.9. The summed E-state index contributed by atoms with van der Waals surface area (Å²) in [5, 5.41) is 23.2. The minimum Gasteiger partial charge on any atom is -0.393 e. The molecule has 7 fully saturated rings. The third kappa shape index (κ3) is 3.43. The fourth-order valence-electron chi connectivity index (χ4n) is 11.7. The van der Waals surface area contributed by atoms with Crippen LogP contribution in [-0.4, -0.2) is 54.5 Å². The molecule has 3 radical (unpaired) electrons. The molecule has 1 saturated heterocycles. The summed E-state index contributed by atoms with van der Waals surface area (Å²) in [5.41, 5.74) is 0.0177. The van der Waals surface area contributed by atoms with Crippen LogP contribution in [0.3, 0.4) is 0 Å². The average Bonchev–Trinajstić information content (AvgIpc) is 3.76. The molecule has 219 valence electrons. The summed E-state index contributed by atoms with van der Waals surface area (Å²) in [4.78, 5) is 0. The Morgan fingerprint density at radius 2 is 1.74 bits per heavy atom. The number of hydrogen-bond acceptors (Lipinski definition) is 5. The highest BCUT2D eigenvalue weighted by Gasteiger charge is 2.85. The van der Waals surface area contributed by atoms with Crippen LogP contribution in [0.2, 0.25) is 0 Å². The zero-order valence-corrected chi connectivity index (χ0v) is 25.7. The van der Waals surface area contributed by atoms with Gasteiger partial charge in [0.15, 0.2) is 0 Å². The molecule has 1 unspecified atom stereocenters. The van der Waals surface area contributed by atoms with Crippen LogP contribution in [0.25, 0.3) is 0 Å². The number of fused-ring (bicyclic) bond motifs is 4. The molecule has 0 aromatic carbocycles. The third-order valence-electron chi connectivity index (χ3n) is 14.0. The zero-order chi connectivity index (χ0) is 28.0. The van der Waals surface area contributed by atoms with Crippen molar-refractivity contribution in [1.29, 1.82) is 0 Å². The summed E-state index contributed by atoms with van der Waals surface area (Å²) in [6.07, 6.45) is 12.7. The maximum absolute atomic E-state index is 12.6. The quantitative estimate of drug-likeness (QED) is 0.488. The molecule has 2 N–H and O–H groups in total. The topological polar surface area (TPSA) is 87.1 Å². The molecule has 1 aliphatic heterocycles. The first-order chi connectivity index (χ1) is 18.1. The smallest absolute Gasteiger partial charge is 0.211 e. The SMILES string of the molecule is C[C@@H]1C[C](CN(CC2CC2)S(C)(=O)=O)O[C]2[C@H]1[C@@]1(C)CC[C@@]34C[C@@]35CCC(O)C(C)(C)[C@@H]5CC[C]4[C@]1(C)[C@H]2O. The van der Waals surface area contributed by atoms with Crippen molar-refractivity contribution in [3.8, 4) is 0 Å². The number of aliphatic hydroxyl groups excluding tert-OH is 2. The number of aliphatic hydroxyl groups is 2. The van der Waals surface area contributed by atoms with Gasteiger partial charge in [0.25, 0.3) is 0 Å². The van der Waals surface area contributed by atoms with Crippen molar-refractivity contribution in [2.45, 2.75) is 111 Å². The summed E-state index contributed by atoms with van der Waals surface area (Å²) >= 11 is 0. The van der Waals surface area contributed by atoms with Crippen molar-refractivity contribution >= 4 is 10.0 Å². The molecule has 0 aromatic rings. The number of hydrogen-bond donors (Lipinski definition) is 2. The van der Waals surface area contributed by atoms with E-state index in [1.807, 2.05) is 0 Å². The van der Waals surface area contributed by atoms with E-state index in [2.05, 4.69) is 34.6 Å². The molecular weight excluding hydrogens is 510 g/mol. The first kappa shape index (κ1) is 27.6. The van der Waals surface area contributed by atoms with Gasteiger partial charge >= 0.3 is 0 Å². The lowest BCUT2D eigenvalue weighted by atomic mass is 9.41. The van der Waals surface area contributed by atoms with E-state index in [4.69, 9.17) is 4.74 Å². The second-order valence-electron chi connectivity index (χ2n) is 16.1. The molecule has 7 aliphatic rings. The standard InChI is InChI=1S/C32H50NO5S/c1-19-15-21(17-33(39(6,36)37)16-20-7-8-20)38-26-25(19)29(4)13-14-32-18-31(32)12-11-24(34)28(2,3)22(31)9-10-23(32)30(29,5)27(26)35/h19-20,22,24-25,27,34-35H,7-18H2,1-6H3/t19-,22+,24?,25+,27+,29-,30-,31-,32+/m1/s1. The number of nitrogens with zero attached hydrogens (tertiary/aromatic N) is 1. The minimum atomic E-state index is -3.32. The molecule has 6 nitrogen and oxygen atoms in total. The van der Waals surface area contributed by atoms with Gasteiger partial charge in [-0.25, -0.2) is 8.42 Å². The summed E-state index contributed by atoms with van der Waals surface area (Å²) in [6, 6.07) is 0. The van der Waals surface area contributed by atoms with E-state index >= 15 is 0 Å². The van der Waals surface area contributed by atoms with Crippen molar-refractivity contribution in [2.75, 3.05) is 19.3 Å². The van der Waals surface area contributed by atoms with Gasteiger partial charge in [-0.05, 0) is 110 Å². The summed E-state index contributed by atoms with van der Waals surface area (Å²) in [5.74, 6) is 3.10. The fourth-order valence-corrected chi connectivity index (χ4v) is 12.6. The van der Waals surface area contributed by atoms with Gasteiger partial charge in [0.1, 0.15) is 12.2 Å². The number of ether oxygens (including phenoxy) is 1. The molecule has 0 aromatic heterocycles. The lowest BCUT2D eigenvalue weighted by Gasteiger charge is -2.63. The predicted octanol–water partition coefficient (Wildman–Crippen LogP) is 5.12. The van der Waals surface area contributed by atoms with Gasteiger partial charge in [-0.3, -0.25) is 0 Å². The molecular formula is C32H50NO5S. The van der Waals surface area contributed by atoms with Crippen molar-refractivity contribution in [1.82, 2.24) is 4.31 Å². The average molecular weight is 561 g/mol. The molecule has 7 rings (SSSR count). The molecule has 6 aliphatic carbocycles. The predicted molar refractivity (Wildman–Crippen MR) is 150 cm³/mol. The second kappa shape index (κ2) is 8.24. The van der Waals surface area contributed by atoms with Crippen LogP contribution >= 0.6 is 0 Å². The lowest BCUT2D eigenvalue weighted by Crippen LogP contribution is -2.58. The van der Waals surface area contributed by atoms with E-state index in [0.717, 1.165) is 63.6 Å². The monoisotopic (exact) mass is 560 g/mol. The first-order valence-electron chi connectivity index (χ1n) is 15.7. The van der Waals surface area contributed by atoms with Crippen molar-refractivity contribution < 1.29 is 23.4 Å². The van der Waals surface area contributed by atoms with Crippen molar-refractivity contribution in [2.24, 2.45) is 50.7 Å². The highest BCUT2D eigenvalue weighted by molar-refractivity contribution is 7.88. The molecule has 9 atom stereocenters. The molecule has 0 bridgehead atoms. The van der Waals surface area contributed by atoms with Crippen molar-refractivity contribution in [3.05, 3.63) is 18.1 Å². The molecule has 1 heterocycles. The van der Waals surface area contributed by atoms with Gasteiger partial charge < -0.3 is 14.9 Å². The maximum Gasteiger partial charge on any atom is 0.211 e. The van der Waals surface area contributed by atoms with E-state index in [1.165, 1.54) is 19.1 Å². The Balaban J connectivity index is 1.18. The van der Waals surface area contributed by atoms with Crippen LogP contribution in [-0.2, 0) is 14.8 Å². The van der Waals surface area contributed by atoms with Gasteiger partial charge in [0.2, 0.25) is 10.0 Å². The van der Waals surface area contributed by atoms with E-state index in [9.17, 15) is 18.6 Å². The number of sulfonamides is 1. The third-order valence-corrected chi connectivity index (χ3v) is 15.3. The van der Waals surface area contributed by atoms with Crippen molar-refractivity contribution in [3.63, 3.8) is 0 Å². The Kier molecular flexibility index (Phi) is 5.83. The largest absolute Gasteiger partial charge is 0.393 e. The van der Waals surface area contributed by atoms with Gasteiger partial charge in [0.05, 0.1) is 18.5 Å². The Bertz CT molecular complexity index is 1140. The molecule has 6 saturated carbocycles. The first-order valence-corrected chi connectivity index (χ1v) is 17.5. The van der Waals surface area contributed by atoms with E-state index in [1.54, 1.807) is 10.2 Å². The molecule has 2 spiro atoms. The Hall–Kier alpha value is -0.210. The summed E-state index contributed by atoms with van der Waals surface area (Å²) < 4.78 is 33.5. The highest BCUT2D eigenvalue weighted by atomic mass is 32.2. The van der Waals surface area contributed by atoms with Gasteiger partial charge in [-0.15, -0.1) is 0 Å². The van der Waals surface area contributed by atoms with Crippen LogP contribution in [0, 0.1) is 68.9 Å². The van der Waals surface area contributed by atoms with Crippen LogP contribution < -0.4 is 0 Å². The Morgan fingerprint density at radius 3 is 2.41 bits per heavy atom. The summed E-state index contributed by atoms with van der Waals surface area (Å²) in [6.45, 7) is 12.5. The molecule has 7 heteroatoms. The fraction of sp³-hybridized carbons (Fsp3) is 0.906. The summed E-state index contributed by atoms with van der Waals surface area (Å²) in [7, 11) is -3.32. The Labute approximate surface area is 236 Å².